The van der Waals surface area contributed by atoms with Gasteiger partial charge >= 0.3 is 11.9 Å². The van der Waals surface area contributed by atoms with E-state index in [9.17, 15) is 9.59 Å². The molecule has 0 aromatic carbocycles. The van der Waals surface area contributed by atoms with Gasteiger partial charge in [-0.25, -0.2) is 0 Å². The minimum absolute atomic E-state index is 0.00880. The van der Waals surface area contributed by atoms with E-state index in [2.05, 4.69) is 39.8 Å². The molecule has 332 valence electrons. The molecular weight excluding hydrogens is 699 g/mol. The Morgan fingerprint density at radius 1 is 0.571 bits per heavy atom. The van der Waals surface area contributed by atoms with Crippen LogP contribution in [0.15, 0.2) is 0 Å². The number of unbranched alkanes of at least 4 members (excludes halogenated alkanes) is 24. The van der Waals surface area contributed by atoms with Gasteiger partial charge in [0.15, 0.2) is 5.79 Å². The zero-order chi connectivity index (χ0) is 40.8. The number of nitrogens with zero attached hydrogens (tertiary/aromatic N) is 1. The normalized spacial score (nSPS) is 17.0. The summed E-state index contributed by atoms with van der Waals surface area (Å²) in [5, 5.41) is 0. The fraction of sp³-hybridized carbons (Fsp3) is 0.959. The van der Waals surface area contributed by atoms with E-state index in [1.54, 1.807) is 0 Å². The highest BCUT2D eigenvalue weighted by molar-refractivity contribution is 5.69. The van der Waals surface area contributed by atoms with Gasteiger partial charge in [0, 0.05) is 32.2 Å². The third kappa shape index (κ3) is 31.8. The molecule has 0 unspecified atom stereocenters. The number of rotatable bonds is 42. The molecule has 1 saturated heterocycles. The second-order valence-electron chi connectivity index (χ2n) is 17.7. The molecule has 0 amide bonds. The molecule has 0 saturated carbocycles. The van der Waals surface area contributed by atoms with Gasteiger partial charge in [0.1, 0.15) is 6.10 Å². The fourth-order valence-corrected chi connectivity index (χ4v) is 8.07. The molecule has 0 aliphatic carbocycles. The molecule has 0 bridgehead atoms. The quantitative estimate of drug-likeness (QED) is 0.0450. The van der Waals surface area contributed by atoms with Gasteiger partial charge in [-0.2, -0.15) is 0 Å². The molecule has 1 aliphatic heterocycles. The largest absolute Gasteiger partial charge is 0.466 e. The predicted octanol–water partition coefficient (Wildman–Crippen LogP) is 14.2. The molecule has 56 heavy (non-hydrogen) atoms. The summed E-state index contributed by atoms with van der Waals surface area (Å²) in [6.45, 7) is 9.01. The summed E-state index contributed by atoms with van der Waals surface area (Å²) in [5.74, 6) is -0.543. The van der Waals surface area contributed by atoms with Crippen LogP contribution in [0.3, 0.4) is 0 Å². The second-order valence-corrected chi connectivity index (χ2v) is 17.7. The standard InChI is InChI=1S/C49H95NO6/c1-6-9-12-15-18-19-20-26-34-43-53-47(51)37-31-27-33-41-49(54-44-46(56-49)39-42-50(4)5)40-32-25-21-24-30-38-48(52)55-45(35-28-22-16-13-10-7-2)36-29-23-17-14-11-8-3/h45-46H,6-44H2,1-5H3/t46-,49-/m0/s1. The van der Waals surface area contributed by atoms with Gasteiger partial charge in [-0.3, -0.25) is 9.59 Å². The van der Waals surface area contributed by atoms with Crippen molar-refractivity contribution in [2.24, 2.45) is 0 Å². The van der Waals surface area contributed by atoms with Crippen LogP contribution in [0.5, 0.6) is 0 Å². The van der Waals surface area contributed by atoms with Crippen molar-refractivity contribution in [2.45, 2.75) is 270 Å². The molecule has 1 heterocycles. The Morgan fingerprint density at radius 3 is 1.52 bits per heavy atom. The SMILES string of the molecule is CCCCCCCCCCCOC(=O)CCCCC[C@@]1(CCCCCCCC(=O)OC(CCCCCCCC)CCCCCCCC)OC[C@H](CCN(C)C)O1. The van der Waals surface area contributed by atoms with Crippen molar-refractivity contribution < 1.29 is 28.5 Å². The molecule has 7 heteroatoms. The lowest BCUT2D eigenvalue weighted by molar-refractivity contribution is -0.180. The van der Waals surface area contributed by atoms with Crippen molar-refractivity contribution in [3.63, 3.8) is 0 Å². The van der Waals surface area contributed by atoms with Gasteiger partial charge < -0.3 is 23.8 Å². The highest BCUT2D eigenvalue weighted by Crippen LogP contribution is 2.35. The maximum Gasteiger partial charge on any atom is 0.306 e. The number of carbonyl (C=O) groups is 2. The van der Waals surface area contributed by atoms with Crippen molar-refractivity contribution >= 4 is 11.9 Å². The molecule has 0 spiro atoms. The van der Waals surface area contributed by atoms with Crippen LogP contribution in [0.4, 0.5) is 0 Å². The number of esters is 2. The van der Waals surface area contributed by atoms with Crippen LogP contribution in [0, 0.1) is 0 Å². The van der Waals surface area contributed by atoms with Crippen LogP contribution in [0.2, 0.25) is 0 Å². The first-order valence-electron chi connectivity index (χ1n) is 24.7. The van der Waals surface area contributed by atoms with Gasteiger partial charge in [0.2, 0.25) is 0 Å². The average molecular weight is 794 g/mol. The van der Waals surface area contributed by atoms with Crippen LogP contribution >= 0.6 is 0 Å². The smallest absolute Gasteiger partial charge is 0.306 e. The van der Waals surface area contributed by atoms with E-state index in [1.165, 1.54) is 122 Å². The van der Waals surface area contributed by atoms with Crippen molar-refractivity contribution in [3.8, 4) is 0 Å². The Balaban J connectivity index is 2.33. The maximum atomic E-state index is 12.9. The Labute approximate surface area is 348 Å². The Hall–Kier alpha value is -1.18. The van der Waals surface area contributed by atoms with E-state index < -0.39 is 5.79 Å². The highest BCUT2D eigenvalue weighted by atomic mass is 16.7. The van der Waals surface area contributed by atoms with E-state index >= 15 is 0 Å². The first-order chi connectivity index (χ1) is 27.3. The van der Waals surface area contributed by atoms with E-state index in [1.807, 2.05) is 0 Å². The maximum absolute atomic E-state index is 12.9. The predicted molar refractivity (Wildman–Crippen MR) is 236 cm³/mol. The second kappa shape index (κ2) is 38.0. The summed E-state index contributed by atoms with van der Waals surface area (Å²) in [6.07, 6.45) is 41.0. The summed E-state index contributed by atoms with van der Waals surface area (Å²) in [5.41, 5.74) is 0. The van der Waals surface area contributed by atoms with Crippen molar-refractivity contribution in [3.05, 3.63) is 0 Å². The summed E-state index contributed by atoms with van der Waals surface area (Å²) >= 11 is 0. The minimum atomic E-state index is -0.502. The van der Waals surface area contributed by atoms with Crippen LogP contribution in [-0.4, -0.2) is 68.7 Å². The fourth-order valence-electron chi connectivity index (χ4n) is 8.07. The van der Waals surface area contributed by atoms with Crippen molar-refractivity contribution in [1.82, 2.24) is 4.90 Å². The van der Waals surface area contributed by atoms with Crippen LogP contribution < -0.4 is 0 Å². The monoisotopic (exact) mass is 794 g/mol. The molecule has 0 radical (unpaired) electrons. The van der Waals surface area contributed by atoms with Crippen LogP contribution in [-0.2, 0) is 28.5 Å². The molecule has 0 aromatic rings. The topological polar surface area (TPSA) is 74.3 Å². The van der Waals surface area contributed by atoms with E-state index in [4.69, 9.17) is 18.9 Å². The number of hydrogen-bond donors (Lipinski definition) is 0. The minimum Gasteiger partial charge on any atom is -0.466 e. The Kier molecular flexibility index (Phi) is 35.9. The molecule has 1 aliphatic rings. The first kappa shape index (κ1) is 52.8. The number of ether oxygens (including phenoxy) is 4. The van der Waals surface area contributed by atoms with E-state index in [0.29, 0.717) is 26.1 Å². The Bertz CT molecular complexity index is 867. The number of carbonyl (C=O) groups excluding carboxylic acids is 2. The van der Waals surface area contributed by atoms with Gasteiger partial charge in [0.05, 0.1) is 19.3 Å². The van der Waals surface area contributed by atoms with Crippen LogP contribution in [0.1, 0.15) is 252 Å². The van der Waals surface area contributed by atoms with Crippen molar-refractivity contribution in [2.75, 3.05) is 33.9 Å². The van der Waals surface area contributed by atoms with Gasteiger partial charge in [-0.05, 0) is 78.3 Å². The summed E-state index contributed by atoms with van der Waals surface area (Å²) in [6, 6.07) is 0. The Morgan fingerprint density at radius 2 is 1.00 bits per heavy atom. The van der Waals surface area contributed by atoms with Gasteiger partial charge in [-0.1, -0.05) is 162 Å². The first-order valence-corrected chi connectivity index (χ1v) is 24.7. The summed E-state index contributed by atoms with van der Waals surface area (Å²) < 4.78 is 24.7. The highest BCUT2D eigenvalue weighted by Gasteiger charge is 2.40. The van der Waals surface area contributed by atoms with E-state index in [0.717, 1.165) is 103 Å². The molecule has 2 atom stereocenters. The lowest BCUT2D eigenvalue weighted by atomic mass is 9.99. The third-order valence-electron chi connectivity index (χ3n) is 11.8. The molecular formula is C49H95NO6. The molecule has 1 fully saturated rings. The summed E-state index contributed by atoms with van der Waals surface area (Å²) in [4.78, 5) is 27.4. The van der Waals surface area contributed by atoms with E-state index in [-0.39, 0.29) is 24.1 Å². The van der Waals surface area contributed by atoms with Crippen LogP contribution in [0.25, 0.3) is 0 Å². The lowest BCUT2D eigenvalue weighted by Gasteiger charge is -2.28. The molecule has 1 rings (SSSR count). The average Bonchev–Trinajstić information content (AvgIpc) is 3.59. The third-order valence-corrected chi connectivity index (χ3v) is 11.8. The van der Waals surface area contributed by atoms with Gasteiger partial charge in [0.25, 0.3) is 0 Å². The zero-order valence-electron chi connectivity index (χ0n) is 38.1. The number of hydrogen-bond acceptors (Lipinski definition) is 7. The molecule has 7 nitrogen and oxygen atoms in total. The van der Waals surface area contributed by atoms with Gasteiger partial charge in [-0.15, -0.1) is 0 Å². The lowest BCUT2D eigenvalue weighted by Crippen LogP contribution is -2.31. The summed E-state index contributed by atoms with van der Waals surface area (Å²) in [7, 11) is 4.21. The van der Waals surface area contributed by atoms with Crippen molar-refractivity contribution in [1.29, 1.82) is 0 Å². The zero-order valence-corrected chi connectivity index (χ0v) is 38.1. The molecule has 0 aromatic heterocycles. The molecule has 0 N–H and O–H groups in total.